The molecule has 2 aromatic rings. The maximum Gasteiger partial charge on any atom is 0.250 e. The Morgan fingerprint density at radius 1 is 1.38 bits per heavy atom. The van der Waals surface area contributed by atoms with Crippen LogP contribution in [0.1, 0.15) is 10.4 Å². The van der Waals surface area contributed by atoms with E-state index in [-0.39, 0.29) is 12.0 Å². The number of likely N-dealkylation sites (tertiary alicyclic amines) is 1. The zero-order valence-electron chi connectivity index (χ0n) is 11.3. The maximum absolute atomic E-state index is 11.4. The number of nitrogens with two attached hydrogens (primary N) is 1. The highest BCUT2D eigenvalue weighted by Crippen LogP contribution is 2.29. The molecule has 0 unspecified atom stereocenters. The molecule has 1 saturated heterocycles. The van der Waals surface area contributed by atoms with Crippen molar-refractivity contribution < 1.29 is 14.3 Å². The monoisotopic (exact) mass is 285 g/mol. The SMILES string of the molecule is C=CC(=O)N1CC(Oc2ccc(C(N)=O)c3[nH]ccc23)C1. The number of aromatic nitrogens is 1. The number of primary amides is 1. The number of benzene rings is 1. The van der Waals surface area contributed by atoms with Crippen LogP contribution >= 0.6 is 0 Å². The molecule has 1 aliphatic rings. The van der Waals surface area contributed by atoms with Gasteiger partial charge in [0.1, 0.15) is 11.9 Å². The van der Waals surface area contributed by atoms with E-state index in [0.717, 1.165) is 5.39 Å². The molecule has 0 atom stereocenters. The van der Waals surface area contributed by atoms with Gasteiger partial charge in [0.05, 0.1) is 24.2 Å². The van der Waals surface area contributed by atoms with Crippen LogP contribution in [-0.2, 0) is 4.79 Å². The van der Waals surface area contributed by atoms with Gasteiger partial charge in [0.2, 0.25) is 5.91 Å². The Labute approximate surface area is 121 Å². The van der Waals surface area contributed by atoms with Crippen molar-refractivity contribution >= 4 is 22.7 Å². The first-order chi connectivity index (χ1) is 10.1. The summed E-state index contributed by atoms with van der Waals surface area (Å²) in [4.78, 5) is 27.4. The summed E-state index contributed by atoms with van der Waals surface area (Å²) in [5.74, 6) is 0.0954. The Morgan fingerprint density at radius 3 is 2.81 bits per heavy atom. The molecular weight excluding hydrogens is 270 g/mol. The molecule has 0 radical (unpaired) electrons. The van der Waals surface area contributed by atoms with Crippen molar-refractivity contribution in [3.63, 3.8) is 0 Å². The first-order valence-electron chi connectivity index (χ1n) is 6.58. The van der Waals surface area contributed by atoms with Crippen molar-refractivity contribution in [2.45, 2.75) is 6.10 Å². The summed E-state index contributed by atoms with van der Waals surface area (Å²) in [6.45, 7) is 4.52. The van der Waals surface area contributed by atoms with Gasteiger partial charge in [0.25, 0.3) is 5.91 Å². The van der Waals surface area contributed by atoms with Gasteiger partial charge >= 0.3 is 0 Å². The Balaban J connectivity index is 1.79. The lowest BCUT2D eigenvalue weighted by Crippen LogP contribution is -2.55. The van der Waals surface area contributed by atoms with Crippen LogP contribution in [0.4, 0.5) is 0 Å². The van der Waals surface area contributed by atoms with Crippen LogP contribution in [0, 0.1) is 0 Å². The number of hydrogen-bond acceptors (Lipinski definition) is 3. The molecule has 6 nitrogen and oxygen atoms in total. The van der Waals surface area contributed by atoms with E-state index in [9.17, 15) is 9.59 Å². The molecule has 6 heteroatoms. The minimum absolute atomic E-state index is 0.0496. The van der Waals surface area contributed by atoms with E-state index in [0.29, 0.717) is 29.9 Å². The fourth-order valence-electron chi connectivity index (χ4n) is 2.44. The van der Waals surface area contributed by atoms with Crippen LogP contribution in [0.3, 0.4) is 0 Å². The summed E-state index contributed by atoms with van der Waals surface area (Å²) in [6, 6.07) is 5.21. The normalized spacial score (nSPS) is 14.8. The summed E-state index contributed by atoms with van der Waals surface area (Å²) in [6.07, 6.45) is 2.98. The lowest BCUT2D eigenvalue weighted by molar-refractivity contribution is -0.134. The molecule has 0 aliphatic carbocycles. The minimum Gasteiger partial charge on any atom is -0.486 e. The molecule has 0 saturated carbocycles. The Bertz CT molecular complexity index is 729. The first kappa shape index (κ1) is 13.2. The molecule has 1 aliphatic heterocycles. The van der Waals surface area contributed by atoms with Gasteiger partial charge in [-0.3, -0.25) is 9.59 Å². The average Bonchev–Trinajstić information content (AvgIpc) is 2.90. The number of fused-ring (bicyclic) bond motifs is 1. The van der Waals surface area contributed by atoms with Crippen molar-refractivity contribution in [2.24, 2.45) is 5.73 Å². The largest absolute Gasteiger partial charge is 0.486 e. The topological polar surface area (TPSA) is 88.4 Å². The standard InChI is InChI=1S/C15H15N3O3/c1-2-13(19)18-7-9(8-18)21-12-4-3-11(15(16)20)14-10(12)5-6-17-14/h2-6,9,17H,1,7-8H2,(H2,16,20). The predicted molar refractivity (Wildman–Crippen MR) is 78.0 cm³/mol. The molecule has 108 valence electrons. The number of H-pyrrole nitrogens is 1. The van der Waals surface area contributed by atoms with Crippen molar-refractivity contribution in [2.75, 3.05) is 13.1 Å². The van der Waals surface area contributed by atoms with E-state index < -0.39 is 5.91 Å². The number of hydrogen-bond donors (Lipinski definition) is 2. The van der Waals surface area contributed by atoms with Crippen molar-refractivity contribution in [1.82, 2.24) is 9.88 Å². The smallest absolute Gasteiger partial charge is 0.250 e. The van der Waals surface area contributed by atoms with Crippen LogP contribution in [0.25, 0.3) is 10.9 Å². The van der Waals surface area contributed by atoms with E-state index in [2.05, 4.69) is 11.6 Å². The van der Waals surface area contributed by atoms with Gasteiger partial charge in [-0.1, -0.05) is 6.58 Å². The fraction of sp³-hybridized carbons (Fsp3) is 0.200. The zero-order valence-corrected chi connectivity index (χ0v) is 11.3. The number of rotatable bonds is 4. The van der Waals surface area contributed by atoms with E-state index >= 15 is 0 Å². The van der Waals surface area contributed by atoms with Crippen molar-refractivity contribution in [1.29, 1.82) is 0 Å². The van der Waals surface area contributed by atoms with E-state index in [1.165, 1.54) is 6.08 Å². The van der Waals surface area contributed by atoms with Crippen molar-refractivity contribution in [3.05, 3.63) is 42.6 Å². The average molecular weight is 285 g/mol. The van der Waals surface area contributed by atoms with Crippen LogP contribution in [0.5, 0.6) is 5.75 Å². The highest BCUT2D eigenvalue weighted by atomic mass is 16.5. The highest BCUT2D eigenvalue weighted by Gasteiger charge is 2.31. The Morgan fingerprint density at radius 2 is 2.14 bits per heavy atom. The van der Waals surface area contributed by atoms with Crippen LogP contribution in [-0.4, -0.2) is 40.9 Å². The third kappa shape index (κ3) is 2.24. The van der Waals surface area contributed by atoms with Crippen LogP contribution in [0.2, 0.25) is 0 Å². The molecule has 21 heavy (non-hydrogen) atoms. The second kappa shape index (κ2) is 4.97. The lowest BCUT2D eigenvalue weighted by Gasteiger charge is -2.38. The Hall–Kier alpha value is -2.76. The number of nitrogens with one attached hydrogen (secondary N) is 1. The zero-order chi connectivity index (χ0) is 15.0. The molecule has 3 rings (SSSR count). The number of carbonyl (C=O) groups excluding carboxylic acids is 2. The summed E-state index contributed by atoms with van der Waals surface area (Å²) in [5.41, 5.74) is 6.44. The van der Waals surface area contributed by atoms with Gasteiger partial charge in [0, 0.05) is 11.6 Å². The number of amides is 2. The molecule has 1 aromatic heterocycles. The van der Waals surface area contributed by atoms with Gasteiger partial charge in [-0.25, -0.2) is 0 Å². The van der Waals surface area contributed by atoms with E-state index in [1.807, 2.05) is 6.07 Å². The quantitative estimate of drug-likeness (QED) is 0.823. The molecular formula is C15H15N3O3. The summed E-state index contributed by atoms with van der Waals surface area (Å²) in [5, 5.41) is 0.805. The van der Waals surface area contributed by atoms with Gasteiger partial charge in [-0.05, 0) is 24.3 Å². The molecule has 0 bridgehead atoms. The number of ether oxygens (including phenoxy) is 1. The summed E-state index contributed by atoms with van der Waals surface area (Å²) < 4.78 is 5.88. The first-order valence-corrected chi connectivity index (χ1v) is 6.58. The summed E-state index contributed by atoms with van der Waals surface area (Å²) >= 11 is 0. The minimum atomic E-state index is -0.486. The maximum atomic E-state index is 11.4. The Kier molecular flexibility index (Phi) is 3.13. The molecule has 2 heterocycles. The van der Waals surface area contributed by atoms with E-state index in [1.54, 1.807) is 23.2 Å². The predicted octanol–water partition coefficient (Wildman–Crippen LogP) is 1.04. The van der Waals surface area contributed by atoms with Crippen LogP contribution < -0.4 is 10.5 Å². The van der Waals surface area contributed by atoms with Gasteiger partial charge in [-0.2, -0.15) is 0 Å². The number of carbonyl (C=O) groups is 2. The highest BCUT2D eigenvalue weighted by molar-refractivity contribution is 6.06. The second-order valence-corrected chi connectivity index (χ2v) is 4.93. The van der Waals surface area contributed by atoms with Crippen molar-refractivity contribution in [3.8, 4) is 5.75 Å². The van der Waals surface area contributed by atoms with E-state index in [4.69, 9.17) is 10.5 Å². The third-order valence-electron chi connectivity index (χ3n) is 3.58. The van der Waals surface area contributed by atoms with Crippen LogP contribution in [0.15, 0.2) is 37.1 Å². The van der Waals surface area contributed by atoms with Gasteiger partial charge in [0.15, 0.2) is 0 Å². The summed E-state index contributed by atoms with van der Waals surface area (Å²) in [7, 11) is 0. The number of aromatic amines is 1. The number of nitrogens with zero attached hydrogens (tertiary/aromatic N) is 1. The molecule has 0 spiro atoms. The second-order valence-electron chi connectivity index (χ2n) is 4.93. The van der Waals surface area contributed by atoms with Gasteiger partial charge < -0.3 is 20.4 Å². The molecule has 1 aromatic carbocycles. The lowest BCUT2D eigenvalue weighted by atomic mass is 10.1. The van der Waals surface area contributed by atoms with Gasteiger partial charge in [-0.15, -0.1) is 0 Å². The fourth-order valence-corrected chi connectivity index (χ4v) is 2.44. The third-order valence-corrected chi connectivity index (χ3v) is 3.58. The molecule has 2 amide bonds. The molecule has 3 N–H and O–H groups in total. The molecule has 1 fully saturated rings.